The van der Waals surface area contributed by atoms with Crippen LogP contribution < -0.4 is 9.47 Å². The summed E-state index contributed by atoms with van der Waals surface area (Å²) >= 11 is 6.07. The second-order valence-electron chi connectivity index (χ2n) is 7.59. The van der Waals surface area contributed by atoms with E-state index in [1.807, 2.05) is 24.3 Å². The van der Waals surface area contributed by atoms with Crippen molar-refractivity contribution in [3.05, 3.63) is 58.9 Å². The maximum Gasteiger partial charge on any atom is 0.236 e. The molecule has 0 spiro atoms. The lowest BCUT2D eigenvalue weighted by Crippen LogP contribution is -2.50. The van der Waals surface area contributed by atoms with Crippen molar-refractivity contribution in [1.82, 2.24) is 14.7 Å². The molecule has 0 N–H and O–H groups in total. The van der Waals surface area contributed by atoms with Gasteiger partial charge in [-0.3, -0.25) is 14.6 Å². The molecule has 8 heteroatoms. The van der Waals surface area contributed by atoms with E-state index in [0.29, 0.717) is 23.7 Å². The summed E-state index contributed by atoms with van der Waals surface area (Å²) < 4.78 is 24.9. The highest BCUT2D eigenvalue weighted by molar-refractivity contribution is 6.31. The number of halogens is 2. The number of carbonyl (C=O) groups is 1. The number of carbonyl (C=O) groups excluding carboxylic acids is 1. The van der Waals surface area contributed by atoms with Crippen LogP contribution in [0.1, 0.15) is 5.56 Å². The first-order valence-corrected chi connectivity index (χ1v) is 10.7. The third-order valence-electron chi connectivity index (χ3n) is 5.44. The topological polar surface area (TPSA) is 45.3 Å². The highest BCUT2D eigenvalue weighted by atomic mass is 35.5. The molecule has 6 nitrogen and oxygen atoms in total. The van der Waals surface area contributed by atoms with Crippen LogP contribution in [0, 0.1) is 5.82 Å². The molecule has 0 aromatic heterocycles. The first-order valence-electron chi connectivity index (χ1n) is 10.3. The van der Waals surface area contributed by atoms with Crippen molar-refractivity contribution in [3.8, 4) is 11.5 Å². The number of benzene rings is 2. The molecular formula is C23H29ClFN3O3. The second kappa shape index (κ2) is 11.3. The molecular weight excluding hydrogens is 421 g/mol. The zero-order chi connectivity index (χ0) is 22.2. The van der Waals surface area contributed by atoms with Crippen LogP contribution >= 0.6 is 11.6 Å². The van der Waals surface area contributed by atoms with Crippen molar-refractivity contribution in [2.45, 2.75) is 6.54 Å². The number of hydrogen-bond donors (Lipinski definition) is 0. The maximum atomic E-state index is 14.0. The van der Waals surface area contributed by atoms with E-state index in [9.17, 15) is 9.18 Å². The Morgan fingerprint density at radius 2 is 1.71 bits per heavy atom. The van der Waals surface area contributed by atoms with Crippen molar-refractivity contribution in [2.75, 3.05) is 60.0 Å². The minimum Gasteiger partial charge on any atom is -0.497 e. The molecule has 1 saturated heterocycles. The molecule has 0 aliphatic carbocycles. The molecule has 1 amide bonds. The lowest BCUT2D eigenvalue weighted by Gasteiger charge is -2.34. The summed E-state index contributed by atoms with van der Waals surface area (Å²) in [6.07, 6.45) is 0. The van der Waals surface area contributed by atoms with Crippen molar-refractivity contribution in [2.24, 2.45) is 0 Å². The standard InChI is InChI=1S/C23H29ClFN3O3/c1-26(16-20-21(24)4-3-5-22(20)25)23(29)17-28-12-10-27(11-13-28)14-15-31-19-8-6-18(30-2)7-9-19/h3-9H,10-17H2,1-2H3. The minimum absolute atomic E-state index is 0.0457. The Bertz CT molecular complexity index is 837. The van der Waals surface area contributed by atoms with Gasteiger partial charge in [0, 0.05) is 56.9 Å². The molecule has 0 atom stereocenters. The Hall–Kier alpha value is -2.35. The summed E-state index contributed by atoms with van der Waals surface area (Å²) in [5.74, 6) is 1.19. The zero-order valence-electron chi connectivity index (χ0n) is 18.0. The van der Waals surface area contributed by atoms with Gasteiger partial charge in [-0.25, -0.2) is 4.39 Å². The largest absolute Gasteiger partial charge is 0.497 e. The van der Waals surface area contributed by atoms with Crippen molar-refractivity contribution < 1.29 is 18.7 Å². The number of hydrogen-bond acceptors (Lipinski definition) is 5. The van der Waals surface area contributed by atoms with Crippen molar-refractivity contribution in [3.63, 3.8) is 0 Å². The average molecular weight is 450 g/mol. The summed E-state index contributed by atoms with van der Waals surface area (Å²) in [4.78, 5) is 18.6. The van der Waals surface area contributed by atoms with E-state index in [1.165, 1.54) is 11.0 Å². The van der Waals surface area contributed by atoms with Gasteiger partial charge in [-0.1, -0.05) is 17.7 Å². The predicted octanol–water partition coefficient (Wildman–Crippen LogP) is 3.14. The Labute approximate surface area is 188 Å². The number of rotatable bonds is 9. The number of nitrogens with zero attached hydrogens (tertiary/aromatic N) is 3. The van der Waals surface area contributed by atoms with E-state index < -0.39 is 5.82 Å². The lowest BCUT2D eigenvalue weighted by molar-refractivity contribution is -0.132. The molecule has 0 saturated carbocycles. The van der Waals surface area contributed by atoms with Gasteiger partial charge < -0.3 is 14.4 Å². The van der Waals surface area contributed by atoms with E-state index in [0.717, 1.165) is 44.2 Å². The van der Waals surface area contributed by atoms with Gasteiger partial charge in [0.25, 0.3) is 0 Å². The van der Waals surface area contributed by atoms with Gasteiger partial charge in [-0.15, -0.1) is 0 Å². The van der Waals surface area contributed by atoms with E-state index in [4.69, 9.17) is 21.1 Å². The summed E-state index contributed by atoms with van der Waals surface area (Å²) in [6, 6.07) is 12.1. The van der Waals surface area contributed by atoms with Gasteiger partial charge in [0.05, 0.1) is 13.7 Å². The quantitative estimate of drug-likeness (QED) is 0.588. The third-order valence-corrected chi connectivity index (χ3v) is 5.80. The van der Waals surface area contributed by atoms with Crippen LogP contribution in [0.15, 0.2) is 42.5 Å². The smallest absolute Gasteiger partial charge is 0.236 e. The number of likely N-dealkylation sites (N-methyl/N-ethyl adjacent to an activating group) is 1. The van der Waals surface area contributed by atoms with E-state index in [-0.39, 0.29) is 12.5 Å². The predicted molar refractivity (Wildman–Crippen MR) is 119 cm³/mol. The van der Waals surface area contributed by atoms with E-state index in [1.54, 1.807) is 26.3 Å². The van der Waals surface area contributed by atoms with Crippen LogP contribution in [0.5, 0.6) is 11.5 Å². The minimum atomic E-state index is -0.391. The Kier molecular flexibility index (Phi) is 8.51. The SMILES string of the molecule is COc1ccc(OCCN2CCN(CC(=O)N(C)Cc3c(F)cccc3Cl)CC2)cc1. The maximum absolute atomic E-state index is 14.0. The van der Waals surface area contributed by atoms with Gasteiger partial charge in [0.15, 0.2) is 0 Å². The van der Waals surface area contributed by atoms with Crippen LogP contribution in [0.4, 0.5) is 4.39 Å². The first kappa shape index (κ1) is 23.3. The molecule has 1 fully saturated rings. The van der Waals surface area contributed by atoms with Gasteiger partial charge in [-0.05, 0) is 36.4 Å². The molecule has 1 aliphatic heterocycles. The Morgan fingerprint density at radius 1 is 1.06 bits per heavy atom. The highest BCUT2D eigenvalue weighted by Crippen LogP contribution is 2.20. The fraction of sp³-hybridized carbons (Fsp3) is 0.435. The fourth-order valence-electron chi connectivity index (χ4n) is 3.46. The van der Waals surface area contributed by atoms with Crippen LogP contribution in [0.25, 0.3) is 0 Å². The van der Waals surface area contributed by atoms with Gasteiger partial charge in [-0.2, -0.15) is 0 Å². The molecule has 0 unspecified atom stereocenters. The highest BCUT2D eigenvalue weighted by Gasteiger charge is 2.21. The van der Waals surface area contributed by atoms with Crippen LogP contribution in [0.2, 0.25) is 5.02 Å². The summed E-state index contributed by atoms with van der Waals surface area (Å²) in [6.45, 7) is 5.29. The third kappa shape index (κ3) is 6.82. The van der Waals surface area contributed by atoms with Gasteiger partial charge >= 0.3 is 0 Å². The molecule has 2 aromatic rings. The molecule has 0 bridgehead atoms. The van der Waals surface area contributed by atoms with Crippen LogP contribution in [0.3, 0.4) is 0 Å². The zero-order valence-corrected chi connectivity index (χ0v) is 18.8. The Balaban J connectivity index is 1.36. The Morgan fingerprint density at radius 3 is 2.35 bits per heavy atom. The number of methoxy groups -OCH3 is 1. The monoisotopic (exact) mass is 449 g/mol. The summed E-state index contributed by atoms with van der Waals surface area (Å²) in [5, 5.41) is 0.338. The van der Waals surface area contributed by atoms with Crippen LogP contribution in [-0.2, 0) is 11.3 Å². The molecule has 168 valence electrons. The molecule has 1 heterocycles. The summed E-state index contributed by atoms with van der Waals surface area (Å²) in [5.41, 5.74) is 0.349. The molecule has 3 rings (SSSR count). The van der Waals surface area contributed by atoms with E-state index >= 15 is 0 Å². The molecule has 2 aromatic carbocycles. The summed E-state index contributed by atoms with van der Waals surface area (Å²) in [7, 11) is 3.32. The van der Waals surface area contributed by atoms with Gasteiger partial charge in [0.1, 0.15) is 23.9 Å². The van der Waals surface area contributed by atoms with Crippen LogP contribution in [-0.4, -0.2) is 80.6 Å². The second-order valence-corrected chi connectivity index (χ2v) is 8.00. The molecule has 1 aliphatic rings. The van der Waals surface area contributed by atoms with E-state index in [2.05, 4.69) is 9.80 Å². The lowest BCUT2D eigenvalue weighted by atomic mass is 10.2. The normalized spacial score (nSPS) is 15.0. The fourth-order valence-corrected chi connectivity index (χ4v) is 3.68. The average Bonchev–Trinajstić information content (AvgIpc) is 2.78. The van der Waals surface area contributed by atoms with Crippen molar-refractivity contribution >= 4 is 17.5 Å². The molecule has 0 radical (unpaired) electrons. The van der Waals surface area contributed by atoms with Crippen molar-refractivity contribution in [1.29, 1.82) is 0 Å². The van der Waals surface area contributed by atoms with Gasteiger partial charge in [0.2, 0.25) is 5.91 Å². The molecule has 31 heavy (non-hydrogen) atoms. The number of amides is 1. The first-order chi connectivity index (χ1) is 15.0. The number of ether oxygens (including phenoxy) is 2. The number of piperazine rings is 1.